The highest BCUT2D eigenvalue weighted by molar-refractivity contribution is 7.80. The Balaban J connectivity index is 2.12. The molecule has 0 aliphatic rings. The Bertz CT molecular complexity index is 787. The average molecular weight is 327 g/mol. The molecule has 118 valence electrons. The molecule has 1 amide bonds. The molecule has 0 saturated heterocycles. The number of carboxylic acids is 1. The lowest BCUT2D eigenvalue weighted by molar-refractivity contribution is -0.255. The zero-order valence-corrected chi connectivity index (χ0v) is 13.5. The predicted molar refractivity (Wildman–Crippen MR) is 90.4 cm³/mol. The first-order valence-corrected chi connectivity index (χ1v) is 7.30. The molecular formula is C17H15N2O3S-. The number of carboxylic acid groups (broad SMARTS) is 1. The van der Waals surface area contributed by atoms with Crippen LogP contribution in [-0.4, -0.2) is 17.0 Å². The van der Waals surface area contributed by atoms with Gasteiger partial charge in [-0.2, -0.15) is 0 Å². The van der Waals surface area contributed by atoms with Crippen molar-refractivity contribution in [3.8, 4) is 0 Å². The Morgan fingerprint density at radius 1 is 1.00 bits per heavy atom. The van der Waals surface area contributed by atoms with Crippen LogP contribution in [0.25, 0.3) is 0 Å². The summed E-state index contributed by atoms with van der Waals surface area (Å²) in [5, 5.41) is 16.5. The molecular weight excluding hydrogens is 312 g/mol. The number of carbonyl (C=O) groups excluding carboxylic acids is 2. The number of amides is 1. The van der Waals surface area contributed by atoms with E-state index in [-0.39, 0.29) is 16.6 Å². The minimum absolute atomic E-state index is 0.0723. The maximum atomic E-state index is 12.2. The van der Waals surface area contributed by atoms with Gasteiger partial charge in [-0.3, -0.25) is 10.1 Å². The molecule has 0 spiro atoms. The number of thiocarbonyl (C=S) groups is 1. The van der Waals surface area contributed by atoms with Gasteiger partial charge in [0.05, 0.1) is 5.97 Å². The van der Waals surface area contributed by atoms with Gasteiger partial charge in [0.25, 0.3) is 5.91 Å². The van der Waals surface area contributed by atoms with Gasteiger partial charge >= 0.3 is 0 Å². The summed E-state index contributed by atoms with van der Waals surface area (Å²) in [5.74, 6) is -1.59. The van der Waals surface area contributed by atoms with Crippen LogP contribution in [0.15, 0.2) is 42.5 Å². The summed E-state index contributed by atoms with van der Waals surface area (Å²) in [6.07, 6.45) is 0. The highest BCUT2D eigenvalue weighted by Crippen LogP contribution is 2.18. The number of benzene rings is 2. The summed E-state index contributed by atoms with van der Waals surface area (Å²) >= 11 is 5.12. The van der Waals surface area contributed by atoms with Gasteiger partial charge < -0.3 is 15.2 Å². The van der Waals surface area contributed by atoms with Gasteiger partial charge in [0, 0.05) is 16.8 Å². The normalized spacial score (nSPS) is 10.0. The third-order valence-electron chi connectivity index (χ3n) is 3.42. The van der Waals surface area contributed by atoms with Crippen molar-refractivity contribution >= 4 is 34.9 Å². The molecule has 0 heterocycles. The van der Waals surface area contributed by atoms with Crippen LogP contribution in [0.3, 0.4) is 0 Å². The lowest BCUT2D eigenvalue weighted by Crippen LogP contribution is -2.34. The summed E-state index contributed by atoms with van der Waals surface area (Å²) < 4.78 is 0. The van der Waals surface area contributed by atoms with Gasteiger partial charge in [0.1, 0.15) is 0 Å². The summed E-state index contributed by atoms with van der Waals surface area (Å²) in [6, 6.07) is 11.8. The maximum Gasteiger partial charge on any atom is 0.257 e. The second-order valence-electron chi connectivity index (χ2n) is 4.99. The van der Waals surface area contributed by atoms with E-state index in [0.29, 0.717) is 16.8 Å². The van der Waals surface area contributed by atoms with Crippen LogP contribution in [0.1, 0.15) is 31.8 Å². The molecule has 2 rings (SSSR count). The van der Waals surface area contributed by atoms with Crippen LogP contribution in [0, 0.1) is 13.8 Å². The fourth-order valence-corrected chi connectivity index (χ4v) is 2.35. The third kappa shape index (κ3) is 3.92. The lowest BCUT2D eigenvalue weighted by Gasteiger charge is -2.15. The number of carbonyl (C=O) groups is 2. The Morgan fingerprint density at radius 2 is 1.65 bits per heavy atom. The Hall–Kier alpha value is -2.73. The smallest absolute Gasteiger partial charge is 0.257 e. The highest BCUT2D eigenvalue weighted by Gasteiger charge is 2.11. The van der Waals surface area contributed by atoms with Crippen molar-refractivity contribution in [2.24, 2.45) is 0 Å². The number of rotatable bonds is 3. The highest BCUT2D eigenvalue weighted by atomic mass is 32.1. The van der Waals surface area contributed by atoms with Crippen LogP contribution in [0.2, 0.25) is 0 Å². The first-order valence-electron chi connectivity index (χ1n) is 6.89. The van der Waals surface area contributed by atoms with E-state index in [1.807, 2.05) is 19.1 Å². The molecule has 2 aromatic carbocycles. The van der Waals surface area contributed by atoms with Crippen molar-refractivity contribution in [1.29, 1.82) is 0 Å². The van der Waals surface area contributed by atoms with Crippen LogP contribution in [-0.2, 0) is 0 Å². The van der Waals surface area contributed by atoms with Gasteiger partial charge in [-0.1, -0.05) is 30.3 Å². The van der Waals surface area contributed by atoms with Crippen molar-refractivity contribution < 1.29 is 14.7 Å². The van der Waals surface area contributed by atoms with Gasteiger partial charge in [-0.25, -0.2) is 0 Å². The monoisotopic (exact) mass is 327 g/mol. The molecule has 0 saturated carbocycles. The fraction of sp³-hybridized carbons (Fsp3) is 0.118. The standard InChI is InChI=1S/C17H16N2O3S/c1-10-6-3-4-7-12(10)15(20)19-17(23)18-14-9-5-8-13(11(14)2)16(21)22/h3-9H,1-2H3,(H,21,22)(H2,18,19,20,23)/p-1. The van der Waals surface area contributed by atoms with E-state index in [4.69, 9.17) is 12.2 Å². The van der Waals surface area contributed by atoms with Crippen molar-refractivity contribution in [1.82, 2.24) is 5.32 Å². The zero-order valence-electron chi connectivity index (χ0n) is 12.7. The van der Waals surface area contributed by atoms with Crippen LogP contribution >= 0.6 is 12.2 Å². The fourth-order valence-electron chi connectivity index (χ4n) is 2.14. The van der Waals surface area contributed by atoms with E-state index in [1.165, 1.54) is 6.07 Å². The van der Waals surface area contributed by atoms with Crippen LogP contribution < -0.4 is 15.7 Å². The molecule has 0 aromatic heterocycles. The quantitative estimate of drug-likeness (QED) is 0.840. The molecule has 5 nitrogen and oxygen atoms in total. The Morgan fingerprint density at radius 3 is 2.30 bits per heavy atom. The van der Waals surface area contributed by atoms with Gasteiger partial charge in [-0.05, 0) is 49.3 Å². The molecule has 0 bridgehead atoms. The van der Waals surface area contributed by atoms with Gasteiger partial charge in [0.2, 0.25) is 0 Å². The van der Waals surface area contributed by atoms with Gasteiger partial charge in [0.15, 0.2) is 5.11 Å². The first kappa shape index (κ1) is 16.6. The van der Waals surface area contributed by atoms with E-state index in [0.717, 1.165) is 5.56 Å². The second kappa shape index (κ2) is 7.02. The summed E-state index contributed by atoms with van der Waals surface area (Å²) in [6.45, 7) is 3.47. The van der Waals surface area contributed by atoms with Crippen molar-refractivity contribution in [3.63, 3.8) is 0 Å². The minimum Gasteiger partial charge on any atom is -0.545 e. The molecule has 0 aliphatic heterocycles. The van der Waals surface area contributed by atoms with Crippen LogP contribution in [0.4, 0.5) is 5.69 Å². The summed E-state index contributed by atoms with van der Waals surface area (Å²) in [7, 11) is 0. The van der Waals surface area contributed by atoms with E-state index in [2.05, 4.69) is 10.6 Å². The number of aryl methyl sites for hydroxylation is 1. The predicted octanol–water partition coefficient (Wildman–Crippen LogP) is 1.79. The van der Waals surface area contributed by atoms with E-state index >= 15 is 0 Å². The maximum absolute atomic E-state index is 12.2. The topological polar surface area (TPSA) is 81.3 Å². The number of aromatic carboxylic acids is 1. The summed E-state index contributed by atoms with van der Waals surface area (Å²) in [4.78, 5) is 23.2. The Kier molecular flexibility index (Phi) is 5.08. The third-order valence-corrected chi connectivity index (χ3v) is 3.62. The minimum atomic E-state index is -1.26. The number of anilines is 1. The molecule has 0 radical (unpaired) electrons. The van der Waals surface area contributed by atoms with Crippen LogP contribution in [0.5, 0.6) is 0 Å². The van der Waals surface area contributed by atoms with Crippen molar-refractivity contribution in [3.05, 3.63) is 64.7 Å². The van der Waals surface area contributed by atoms with E-state index < -0.39 is 5.97 Å². The molecule has 23 heavy (non-hydrogen) atoms. The first-order chi connectivity index (χ1) is 10.9. The average Bonchev–Trinajstić information content (AvgIpc) is 2.49. The molecule has 0 unspecified atom stereocenters. The largest absolute Gasteiger partial charge is 0.545 e. The van der Waals surface area contributed by atoms with Gasteiger partial charge in [-0.15, -0.1) is 0 Å². The van der Waals surface area contributed by atoms with Crippen molar-refractivity contribution in [2.75, 3.05) is 5.32 Å². The number of hydrogen-bond donors (Lipinski definition) is 2. The van der Waals surface area contributed by atoms with E-state index in [1.54, 1.807) is 31.2 Å². The zero-order chi connectivity index (χ0) is 17.0. The molecule has 0 atom stereocenters. The number of nitrogens with one attached hydrogen (secondary N) is 2. The summed E-state index contributed by atoms with van der Waals surface area (Å²) in [5.41, 5.74) is 2.42. The second-order valence-corrected chi connectivity index (χ2v) is 5.40. The molecule has 6 heteroatoms. The Labute approximate surface area is 139 Å². The molecule has 0 aliphatic carbocycles. The number of hydrogen-bond acceptors (Lipinski definition) is 4. The van der Waals surface area contributed by atoms with E-state index in [9.17, 15) is 14.7 Å². The van der Waals surface area contributed by atoms with Crippen molar-refractivity contribution in [2.45, 2.75) is 13.8 Å². The molecule has 0 fully saturated rings. The molecule has 2 aromatic rings. The lowest BCUT2D eigenvalue weighted by atomic mass is 10.1. The molecule has 2 N–H and O–H groups in total. The SMILES string of the molecule is Cc1ccccc1C(=O)NC(=S)Nc1cccc(C(=O)[O-])c1C.